The van der Waals surface area contributed by atoms with Crippen LogP contribution < -0.4 is 0 Å². The van der Waals surface area contributed by atoms with Crippen LogP contribution in [0.2, 0.25) is 0 Å². The van der Waals surface area contributed by atoms with Gasteiger partial charge in [0.15, 0.2) is 6.10 Å². The minimum Gasteiger partial charge on any atom is -0.463 e. The summed E-state index contributed by atoms with van der Waals surface area (Å²) in [7, 11) is -9.79. The molecule has 0 saturated heterocycles. The lowest BCUT2D eigenvalue weighted by molar-refractivity contribution is -0.161. The predicted octanol–water partition coefficient (Wildman–Crippen LogP) is 25.3. The molecule has 0 aromatic carbocycles. The average molecular weight is 1520 g/mol. The molecule has 0 aromatic rings. The largest absolute Gasteiger partial charge is 0.472 e. The number of esters is 3. The molecular weight excluding hydrogens is 1360 g/mol. The van der Waals surface area contributed by atoms with Crippen LogP contribution in [0.1, 0.15) is 380 Å². The van der Waals surface area contributed by atoms with Crippen molar-refractivity contribution in [1.29, 1.82) is 0 Å². The van der Waals surface area contributed by atoms with E-state index in [0.29, 0.717) is 19.3 Å². The van der Waals surface area contributed by atoms with Gasteiger partial charge in [0.1, 0.15) is 25.4 Å². The fourth-order valence-electron chi connectivity index (χ4n) is 11.8. The lowest BCUT2D eigenvalue weighted by Gasteiger charge is -2.21. The highest BCUT2D eigenvalue weighted by Gasteiger charge is 2.29. The predicted molar refractivity (Wildman–Crippen MR) is 436 cm³/mol. The first-order chi connectivity index (χ1) is 51.2. The Labute approximate surface area is 641 Å². The molecule has 0 amide bonds. The van der Waals surface area contributed by atoms with E-state index in [9.17, 15) is 43.5 Å². The summed E-state index contributed by atoms with van der Waals surface area (Å²) in [6, 6.07) is 0. The third kappa shape index (κ3) is 81.3. The molecule has 18 heteroatoms. The van der Waals surface area contributed by atoms with Crippen molar-refractivity contribution < 1.29 is 75.8 Å². The van der Waals surface area contributed by atoms with Crippen molar-refractivity contribution in [2.75, 3.05) is 39.6 Å². The molecule has 0 heterocycles. The number of rotatable bonds is 81. The molecule has 5 unspecified atom stereocenters. The van der Waals surface area contributed by atoms with E-state index in [1.54, 1.807) is 0 Å². The highest BCUT2D eigenvalue weighted by atomic mass is 31.2. The second-order valence-corrected chi connectivity index (χ2v) is 31.5. The molecule has 0 bridgehead atoms. The normalized spacial score (nSPS) is 14.4. The Morgan fingerprint density at radius 2 is 0.476 bits per heavy atom. The maximum atomic E-state index is 13.0. The standard InChI is InChI=1S/C87H156O16P2/c1-4-7-10-13-16-19-22-25-28-30-32-34-35-36-37-38-39-40-41-42-43-44-45-47-49-50-53-55-58-61-64-67-70-73-85(90)97-76-82(88)77-99-104(93,94)100-78-83(89)79-101-105(95,96)102-81-84(103-87(92)75-72-69-66-63-60-57-52-27-24-21-18-15-12-9-6-3)80-98-86(91)74-71-68-65-62-59-56-54-51-48-46-33-31-29-26-23-20-17-14-11-8-5-2/h16-17,19-20,25-26,28-29,32-34,36-37,46,51,54,82-84,88-89H,4-15,18,21-24,27,30-31,35,38-45,47-50,52-53,55-81H2,1-3H3,(H,93,94)(H,95,96)/b19-16-,20-17-,28-25-,29-26-,34-32-,37-36-,46-33-,54-51-. The second kappa shape index (κ2) is 80.0. The van der Waals surface area contributed by atoms with E-state index in [0.717, 1.165) is 116 Å². The molecule has 16 nitrogen and oxygen atoms in total. The van der Waals surface area contributed by atoms with Crippen molar-refractivity contribution in [2.24, 2.45) is 0 Å². The van der Waals surface area contributed by atoms with E-state index in [4.69, 9.17) is 32.3 Å². The number of aliphatic hydroxyl groups excluding tert-OH is 2. The Morgan fingerprint density at radius 1 is 0.267 bits per heavy atom. The van der Waals surface area contributed by atoms with Gasteiger partial charge in [0.05, 0.1) is 26.4 Å². The molecule has 4 N–H and O–H groups in total. The number of phosphoric acid groups is 2. The zero-order chi connectivity index (χ0) is 76.6. The Hall–Kier alpha value is -3.53. The maximum absolute atomic E-state index is 13.0. The molecular formula is C87H156O16P2. The summed E-state index contributed by atoms with van der Waals surface area (Å²) in [5.74, 6) is -1.58. The molecule has 0 fully saturated rings. The Balaban J connectivity index is 4.44. The van der Waals surface area contributed by atoms with Crippen molar-refractivity contribution in [3.8, 4) is 0 Å². The molecule has 0 aliphatic carbocycles. The topological polar surface area (TPSA) is 231 Å². The first kappa shape index (κ1) is 101. The van der Waals surface area contributed by atoms with Crippen LogP contribution in [0.4, 0.5) is 0 Å². The molecule has 0 aliphatic heterocycles. The van der Waals surface area contributed by atoms with Gasteiger partial charge < -0.3 is 34.2 Å². The van der Waals surface area contributed by atoms with E-state index in [1.165, 1.54) is 205 Å². The van der Waals surface area contributed by atoms with Crippen molar-refractivity contribution in [2.45, 2.75) is 399 Å². The Kier molecular flexibility index (Phi) is 77.3. The van der Waals surface area contributed by atoms with E-state index in [2.05, 4.69) is 118 Å². The summed E-state index contributed by atoms with van der Waals surface area (Å²) in [6.07, 6.45) is 93.2. The Morgan fingerprint density at radius 3 is 0.771 bits per heavy atom. The number of ether oxygens (including phenoxy) is 3. The molecule has 0 saturated carbocycles. The molecule has 0 rings (SSSR count). The molecule has 0 aliphatic rings. The highest BCUT2D eigenvalue weighted by Crippen LogP contribution is 2.45. The van der Waals surface area contributed by atoms with Crippen LogP contribution in [0.3, 0.4) is 0 Å². The van der Waals surface area contributed by atoms with E-state index in [1.807, 2.05) is 0 Å². The third-order valence-electron chi connectivity index (χ3n) is 18.3. The fraction of sp³-hybridized carbons (Fsp3) is 0.782. The summed E-state index contributed by atoms with van der Waals surface area (Å²) in [4.78, 5) is 58.7. The lowest BCUT2D eigenvalue weighted by atomic mass is 10.0. The summed E-state index contributed by atoms with van der Waals surface area (Å²) in [6.45, 7) is 2.66. The third-order valence-corrected chi connectivity index (χ3v) is 20.2. The van der Waals surface area contributed by atoms with Gasteiger partial charge in [-0.2, -0.15) is 0 Å². The van der Waals surface area contributed by atoms with E-state index < -0.39 is 91.5 Å². The van der Waals surface area contributed by atoms with Gasteiger partial charge in [0.2, 0.25) is 0 Å². The van der Waals surface area contributed by atoms with Gasteiger partial charge >= 0.3 is 33.6 Å². The number of allylic oxidation sites excluding steroid dienone is 16. The summed E-state index contributed by atoms with van der Waals surface area (Å²) in [5.41, 5.74) is 0. The minimum absolute atomic E-state index is 0.104. The number of carbonyl (C=O) groups is 3. The van der Waals surface area contributed by atoms with E-state index in [-0.39, 0.29) is 19.3 Å². The van der Waals surface area contributed by atoms with Crippen LogP contribution >= 0.6 is 15.6 Å². The first-order valence-electron chi connectivity index (χ1n) is 42.5. The maximum Gasteiger partial charge on any atom is 0.472 e. The summed E-state index contributed by atoms with van der Waals surface area (Å²) in [5, 5.41) is 20.7. The lowest BCUT2D eigenvalue weighted by Crippen LogP contribution is -2.30. The van der Waals surface area contributed by atoms with Crippen molar-refractivity contribution in [3.05, 3.63) is 97.2 Å². The van der Waals surface area contributed by atoms with Gasteiger partial charge in [-0.1, -0.05) is 349 Å². The molecule has 0 spiro atoms. The van der Waals surface area contributed by atoms with Gasteiger partial charge in [0.25, 0.3) is 0 Å². The molecule has 0 aromatic heterocycles. The molecule has 0 radical (unpaired) electrons. The van der Waals surface area contributed by atoms with Crippen LogP contribution in [0.25, 0.3) is 0 Å². The van der Waals surface area contributed by atoms with E-state index >= 15 is 0 Å². The Bertz CT molecular complexity index is 2300. The van der Waals surface area contributed by atoms with Gasteiger partial charge in [0, 0.05) is 19.3 Å². The van der Waals surface area contributed by atoms with Crippen LogP contribution in [-0.4, -0.2) is 95.9 Å². The van der Waals surface area contributed by atoms with Crippen LogP contribution in [0.15, 0.2) is 97.2 Å². The highest BCUT2D eigenvalue weighted by molar-refractivity contribution is 7.47. The number of hydrogen-bond acceptors (Lipinski definition) is 14. The minimum atomic E-state index is -4.93. The molecule has 5 atom stereocenters. The summed E-state index contributed by atoms with van der Waals surface area (Å²) < 4.78 is 61.2. The zero-order valence-corrected chi connectivity index (χ0v) is 68.7. The monoisotopic (exact) mass is 1520 g/mol. The number of hydrogen-bond donors (Lipinski definition) is 4. The van der Waals surface area contributed by atoms with Crippen LogP contribution in [-0.2, 0) is 55.8 Å². The zero-order valence-electron chi connectivity index (χ0n) is 66.9. The molecule has 610 valence electrons. The van der Waals surface area contributed by atoms with Crippen LogP contribution in [0, 0.1) is 0 Å². The number of aliphatic hydroxyl groups is 2. The van der Waals surface area contributed by atoms with Gasteiger partial charge in [-0.3, -0.25) is 32.5 Å². The number of phosphoric ester groups is 2. The van der Waals surface area contributed by atoms with Gasteiger partial charge in [-0.05, 0) is 109 Å². The molecule has 105 heavy (non-hydrogen) atoms. The van der Waals surface area contributed by atoms with Gasteiger partial charge in [-0.15, -0.1) is 0 Å². The smallest absolute Gasteiger partial charge is 0.463 e. The number of carbonyl (C=O) groups excluding carboxylic acids is 3. The summed E-state index contributed by atoms with van der Waals surface area (Å²) >= 11 is 0. The van der Waals surface area contributed by atoms with Crippen molar-refractivity contribution in [3.63, 3.8) is 0 Å². The fourth-order valence-corrected chi connectivity index (χ4v) is 13.4. The number of unbranched alkanes of at least 4 members (excludes halogenated alkanes) is 42. The van der Waals surface area contributed by atoms with Crippen LogP contribution in [0.5, 0.6) is 0 Å². The van der Waals surface area contributed by atoms with Crippen molar-refractivity contribution >= 4 is 33.6 Å². The van der Waals surface area contributed by atoms with Crippen molar-refractivity contribution in [1.82, 2.24) is 0 Å². The average Bonchev–Trinajstić information content (AvgIpc) is 0.940. The quantitative estimate of drug-likeness (QED) is 0.0146. The van der Waals surface area contributed by atoms with Gasteiger partial charge in [-0.25, -0.2) is 9.13 Å². The first-order valence-corrected chi connectivity index (χ1v) is 45.5. The SMILES string of the molecule is CCCCC/C=C\C/C=C\C/C=C\C/C=C\CCCCCCCCCCCCCCCCCCCC(=O)OCC(O)COP(=O)(O)OCC(O)COP(=O)(O)OCC(COC(=O)CCCCCCC/C=C\C/C=C\C/C=C\C/C=C\CCCCC)OC(=O)CCCCCCCCCCCCCCCCC. The second-order valence-electron chi connectivity index (χ2n) is 28.6.